The maximum atomic E-state index is 3.59. The van der Waals surface area contributed by atoms with Crippen molar-refractivity contribution in [3.63, 3.8) is 0 Å². The Morgan fingerprint density at radius 1 is 1.53 bits per heavy atom. The van der Waals surface area contributed by atoms with Crippen molar-refractivity contribution in [2.45, 2.75) is 19.0 Å². The van der Waals surface area contributed by atoms with Gasteiger partial charge in [-0.3, -0.25) is 0 Å². The van der Waals surface area contributed by atoms with Crippen molar-refractivity contribution in [1.82, 2.24) is 20.1 Å². The monoisotopic (exact) mass is 236 g/mol. The van der Waals surface area contributed by atoms with E-state index in [0.29, 0.717) is 6.04 Å². The molecule has 0 aromatic carbocycles. The number of aromatic nitrogens is 1. The van der Waals surface area contributed by atoms with Gasteiger partial charge in [0, 0.05) is 44.6 Å². The fraction of sp³-hybridized carbons (Fsp3) is 0.692. The van der Waals surface area contributed by atoms with Gasteiger partial charge < -0.3 is 20.1 Å². The number of aromatic amines is 1. The van der Waals surface area contributed by atoms with Crippen molar-refractivity contribution in [2.75, 3.05) is 40.3 Å². The third-order valence-electron chi connectivity index (χ3n) is 3.43. The molecule has 1 aliphatic heterocycles. The second-order valence-electron chi connectivity index (χ2n) is 5.16. The van der Waals surface area contributed by atoms with Gasteiger partial charge in [0.25, 0.3) is 0 Å². The van der Waals surface area contributed by atoms with Crippen LogP contribution in [0.25, 0.3) is 0 Å². The lowest BCUT2D eigenvalue weighted by molar-refractivity contribution is 0.212. The van der Waals surface area contributed by atoms with E-state index in [2.05, 4.69) is 46.5 Å². The molecule has 96 valence electrons. The number of hydrogen-bond donors (Lipinski definition) is 2. The molecule has 1 aliphatic rings. The third kappa shape index (κ3) is 4.15. The van der Waals surface area contributed by atoms with E-state index in [0.717, 1.165) is 19.6 Å². The molecule has 2 rings (SSSR count). The molecule has 4 nitrogen and oxygen atoms in total. The van der Waals surface area contributed by atoms with Crippen LogP contribution >= 0.6 is 0 Å². The summed E-state index contributed by atoms with van der Waals surface area (Å²) in [7, 11) is 4.40. The highest BCUT2D eigenvalue weighted by molar-refractivity contribution is 5.07. The first kappa shape index (κ1) is 12.6. The molecule has 0 bridgehead atoms. The van der Waals surface area contributed by atoms with Crippen molar-refractivity contribution in [2.24, 2.45) is 0 Å². The van der Waals surface area contributed by atoms with Crippen molar-refractivity contribution >= 4 is 0 Å². The first-order valence-corrected chi connectivity index (χ1v) is 6.46. The zero-order chi connectivity index (χ0) is 12.1. The van der Waals surface area contributed by atoms with E-state index in [-0.39, 0.29) is 0 Å². The minimum absolute atomic E-state index is 0.655. The largest absolute Gasteiger partial charge is 0.367 e. The summed E-state index contributed by atoms with van der Waals surface area (Å²) in [6, 6.07) is 2.80. The molecule has 0 aliphatic carbocycles. The van der Waals surface area contributed by atoms with Crippen molar-refractivity contribution in [3.05, 3.63) is 24.0 Å². The molecule has 1 fully saturated rings. The summed E-state index contributed by atoms with van der Waals surface area (Å²) >= 11 is 0. The standard InChI is InChI=1S/C13H24N4/c1-16(10-12-3-5-14-9-12)7-4-13-11-17(2)8-6-15-13/h3,5,9,13-15H,4,6-8,10-11H2,1-2H3. The van der Waals surface area contributed by atoms with Gasteiger partial charge in [0.2, 0.25) is 0 Å². The molecule has 1 atom stereocenters. The van der Waals surface area contributed by atoms with E-state index in [9.17, 15) is 0 Å². The first-order chi connectivity index (χ1) is 8.24. The molecule has 0 amide bonds. The van der Waals surface area contributed by atoms with Gasteiger partial charge in [-0.05, 0) is 38.7 Å². The summed E-state index contributed by atoms with van der Waals surface area (Å²) in [6.45, 7) is 5.67. The summed E-state index contributed by atoms with van der Waals surface area (Å²) in [5.41, 5.74) is 1.36. The highest BCUT2D eigenvalue weighted by atomic mass is 15.2. The van der Waals surface area contributed by atoms with Crippen molar-refractivity contribution in [3.8, 4) is 0 Å². The van der Waals surface area contributed by atoms with Gasteiger partial charge in [0.15, 0.2) is 0 Å². The fourth-order valence-corrected chi connectivity index (χ4v) is 2.41. The van der Waals surface area contributed by atoms with Crippen LogP contribution in [0.3, 0.4) is 0 Å². The Morgan fingerprint density at radius 2 is 2.41 bits per heavy atom. The average Bonchev–Trinajstić information content (AvgIpc) is 2.79. The van der Waals surface area contributed by atoms with Crippen molar-refractivity contribution in [1.29, 1.82) is 0 Å². The van der Waals surface area contributed by atoms with Gasteiger partial charge in [0.05, 0.1) is 0 Å². The third-order valence-corrected chi connectivity index (χ3v) is 3.43. The first-order valence-electron chi connectivity index (χ1n) is 6.46. The second-order valence-corrected chi connectivity index (χ2v) is 5.16. The highest BCUT2D eigenvalue weighted by Crippen LogP contribution is 2.05. The summed E-state index contributed by atoms with van der Waals surface area (Å²) in [5, 5.41) is 3.59. The molecule has 17 heavy (non-hydrogen) atoms. The van der Waals surface area contributed by atoms with Crippen LogP contribution in [-0.4, -0.2) is 61.1 Å². The molecule has 1 aromatic heterocycles. The summed E-state index contributed by atoms with van der Waals surface area (Å²) < 4.78 is 0. The molecule has 1 aromatic rings. The van der Waals surface area contributed by atoms with E-state index in [1.165, 1.54) is 25.1 Å². The molecule has 1 unspecified atom stereocenters. The lowest BCUT2D eigenvalue weighted by Crippen LogP contribution is -2.49. The zero-order valence-electron chi connectivity index (χ0n) is 10.9. The Balaban J connectivity index is 1.67. The minimum atomic E-state index is 0.655. The van der Waals surface area contributed by atoms with E-state index in [1.54, 1.807) is 0 Å². The Hall–Kier alpha value is -0.840. The predicted octanol–water partition coefficient (Wildman–Crippen LogP) is 0.740. The molecule has 2 heterocycles. The Morgan fingerprint density at radius 3 is 3.12 bits per heavy atom. The topological polar surface area (TPSA) is 34.3 Å². The lowest BCUT2D eigenvalue weighted by Gasteiger charge is -2.31. The SMILES string of the molecule is CN(CCC1CN(C)CCN1)Cc1cc[nH]c1. The number of piperazine rings is 1. The van der Waals surface area contributed by atoms with Crippen LogP contribution in [0.1, 0.15) is 12.0 Å². The maximum Gasteiger partial charge on any atom is 0.0245 e. The van der Waals surface area contributed by atoms with Crippen LogP contribution in [0.5, 0.6) is 0 Å². The Labute approximate surface area is 104 Å². The smallest absolute Gasteiger partial charge is 0.0245 e. The second kappa shape index (κ2) is 6.19. The van der Waals surface area contributed by atoms with Crippen LogP contribution in [-0.2, 0) is 6.54 Å². The molecule has 1 saturated heterocycles. The van der Waals surface area contributed by atoms with Crippen LogP contribution in [0, 0.1) is 0 Å². The van der Waals surface area contributed by atoms with E-state index in [4.69, 9.17) is 0 Å². The number of hydrogen-bond acceptors (Lipinski definition) is 3. The van der Waals surface area contributed by atoms with Crippen LogP contribution in [0.2, 0.25) is 0 Å². The van der Waals surface area contributed by atoms with Gasteiger partial charge in [0.1, 0.15) is 0 Å². The number of rotatable bonds is 5. The quantitative estimate of drug-likeness (QED) is 0.791. The van der Waals surface area contributed by atoms with Gasteiger partial charge in [-0.2, -0.15) is 0 Å². The number of H-pyrrole nitrogens is 1. The van der Waals surface area contributed by atoms with Crippen LogP contribution < -0.4 is 5.32 Å². The Bertz CT molecular complexity index is 309. The lowest BCUT2D eigenvalue weighted by atomic mass is 10.1. The normalized spacial score (nSPS) is 22.2. The average molecular weight is 236 g/mol. The zero-order valence-corrected chi connectivity index (χ0v) is 10.9. The van der Waals surface area contributed by atoms with Crippen molar-refractivity contribution < 1.29 is 0 Å². The van der Waals surface area contributed by atoms with Gasteiger partial charge >= 0.3 is 0 Å². The molecule has 0 saturated carbocycles. The van der Waals surface area contributed by atoms with E-state index in [1.807, 2.05) is 6.20 Å². The van der Waals surface area contributed by atoms with E-state index >= 15 is 0 Å². The van der Waals surface area contributed by atoms with Gasteiger partial charge in [-0.1, -0.05) is 0 Å². The fourth-order valence-electron chi connectivity index (χ4n) is 2.41. The number of likely N-dealkylation sites (N-methyl/N-ethyl adjacent to an activating group) is 1. The van der Waals surface area contributed by atoms with Gasteiger partial charge in [-0.25, -0.2) is 0 Å². The molecular formula is C13H24N4. The van der Waals surface area contributed by atoms with Gasteiger partial charge in [-0.15, -0.1) is 0 Å². The van der Waals surface area contributed by atoms with E-state index < -0.39 is 0 Å². The Kier molecular flexibility index (Phi) is 4.59. The molecular weight excluding hydrogens is 212 g/mol. The maximum absolute atomic E-state index is 3.59. The summed E-state index contributed by atoms with van der Waals surface area (Å²) in [6.07, 6.45) is 5.29. The predicted molar refractivity (Wildman–Crippen MR) is 71.0 cm³/mol. The number of nitrogens with zero attached hydrogens (tertiary/aromatic N) is 2. The minimum Gasteiger partial charge on any atom is -0.367 e. The molecule has 2 N–H and O–H groups in total. The van der Waals surface area contributed by atoms with Crippen LogP contribution in [0.4, 0.5) is 0 Å². The highest BCUT2D eigenvalue weighted by Gasteiger charge is 2.16. The summed E-state index contributed by atoms with van der Waals surface area (Å²) in [4.78, 5) is 7.90. The van der Waals surface area contributed by atoms with Crippen LogP contribution in [0.15, 0.2) is 18.5 Å². The molecule has 0 spiro atoms. The summed E-state index contributed by atoms with van der Waals surface area (Å²) in [5.74, 6) is 0. The molecule has 0 radical (unpaired) electrons. The number of nitrogens with one attached hydrogen (secondary N) is 2. The molecule has 4 heteroatoms.